The SMILES string of the molecule is CC(CCNC(=O)NCCc1ccn(C)n1)C(=O)O. The molecule has 0 spiro atoms. The van der Waals surface area contributed by atoms with Gasteiger partial charge in [0.1, 0.15) is 0 Å². The Kier molecular flexibility index (Phi) is 5.84. The maximum atomic E-state index is 11.4. The highest BCUT2D eigenvalue weighted by atomic mass is 16.4. The molecule has 2 amide bonds. The van der Waals surface area contributed by atoms with Gasteiger partial charge in [-0.15, -0.1) is 0 Å². The van der Waals surface area contributed by atoms with Gasteiger partial charge in [-0.25, -0.2) is 4.79 Å². The highest BCUT2D eigenvalue weighted by Crippen LogP contribution is 1.99. The number of urea groups is 1. The van der Waals surface area contributed by atoms with Crippen molar-refractivity contribution >= 4 is 12.0 Å². The lowest BCUT2D eigenvalue weighted by molar-refractivity contribution is -0.141. The van der Waals surface area contributed by atoms with Gasteiger partial charge < -0.3 is 15.7 Å². The van der Waals surface area contributed by atoms with Gasteiger partial charge in [0.25, 0.3) is 0 Å². The van der Waals surface area contributed by atoms with E-state index in [4.69, 9.17) is 5.11 Å². The van der Waals surface area contributed by atoms with Gasteiger partial charge in [-0.05, 0) is 12.5 Å². The van der Waals surface area contributed by atoms with E-state index in [9.17, 15) is 9.59 Å². The Morgan fingerprint density at radius 2 is 2.11 bits per heavy atom. The third-order valence-electron chi connectivity index (χ3n) is 2.72. The predicted octanol–water partition coefficient (Wildman–Crippen LogP) is 0.373. The van der Waals surface area contributed by atoms with Crippen LogP contribution in [-0.4, -0.2) is 40.0 Å². The van der Waals surface area contributed by atoms with Crippen molar-refractivity contribution < 1.29 is 14.7 Å². The first-order valence-electron chi connectivity index (χ1n) is 6.22. The lowest BCUT2D eigenvalue weighted by atomic mass is 10.1. The van der Waals surface area contributed by atoms with Crippen molar-refractivity contribution in [2.45, 2.75) is 19.8 Å². The Morgan fingerprint density at radius 3 is 2.68 bits per heavy atom. The minimum atomic E-state index is -0.850. The van der Waals surface area contributed by atoms with E-state index in [-0.39, 0.29) is 6.03 Å². The highest BCUT2D eigenvalue weighted by molar-refractivity contribution is 5.74. The molecule has 1 aromatic heterocycles. The number of hydrogen-bond donors (Lipinski definition) is 3. The monoisotopic (exact) mass is 268 g/mol. The smallest absolute Gasteiger partial charge is 0.314 e. The number of hydrogen-bond acceptors (Lipinski definition) is 3. The summed E-state index contributed by atoms with van der Waals surface area (Å²) in [7, 11) is 1.84. The van der Waals surface area contributed by atoms with E-state index in [2.05, 4.69) is 15.7 Å². The first-order chi connectivity index (χ1) is 8.99. The van der Waals surface area contributed by atoms with Crippen molar-refractivity contribution in [3.05, 3.63) is 18.0 Å². The Hall–Kier alpha value is -2.05. The van der Waals surface area contributed by atoms with Gasteiger partial charge in [0.2, 0.25) is 0 Å². The van der Waals surface area contributed by atoms with Crippen molar-refractivity contribution in [2.24, 2.45) is 13.0 Å². The third-order valence-corrected chi connectivity index (χ3v) is 2.72. The van der Waals surface area contributed by atoms with Gasteiger partial charge in [0.15, 0.2) is 0 Å². The van der Waals surface area contributed by atoms with Gasteiger partial charge in [-0.2, -0.15) is 5.10 Å². The average Bonchev–Trinajstić information content (AvgIpc) is 2.74. The zero-order valence-electron chi connectivity index (χ0n) is 11.2. The van der Waals surface area contributed by atoms with E-state index in [1.807, 2.05) is 19.3 Å². The molecule has 0 fully saturated rings. The summed E-state index contributed by atoms with van der Waals surface area (Å²) >= 11 is 0. The second-order valence-electron chi connectivity index (χ2n) is 4.44. The van der Waals surface area contributed by atoms with Gasteiger partial charge in [0.05, 0.1) is 11.6 Å². The molecular weight excluding hydrogens is 248 g/mol. The van der Waals surface area contributed by atoms with Gasteiger partial charge >= 0.3 is 12.0 Å². The number of aromatic nitrogens is 2. The second-order valence-corrected chi connectivity index (χ2v) is 4.44. The lowest BCUT2D eigenvalue weighted by Gasteiger charge is -2.08. The molecule has 3 N–H and O–H groups in total. The van der Waals surface area contributed by atoms with Gasteiger partial charge in [-0.3, -0.25) is 9.48 Å². The number of nitrogens with one attached hydrogen (secondary N) is 2. The first kappa shape index (κ1) is 15.0. The summed E-state index contributed by atoms with van der Waals surface area (Å²) < 4.78 is 1.71. The largest absolute Gasteiger partial charge is 0.481 e. The van der Waals surface area contributed by atoms with Crippen LogP contribution in [0.2, 0.25) is 0 Å². The van der Waals surface area contributed by atoms with E-state index in [1.54, 1.807) is 11.6 Å². The Morgan fingerprint density at radius 1 is 1.42 bits per heavy atom. The van der Waals surface area contributed by atoms with Crippen LogP contribution in [0.5, 0.6) is 0 Å². The van der Waals surface area contributed by atoms with E-state index < -0.39 is 11.9 Å². The zero-order chi connectivity index (χ0) is 14.3. The summed E-state index contributed by atoms with van der Waals surface area (Å²) in [6.45, 7) is 2.46. The predicted molar refractivity (Wildman–Crippen MR) is 69.7 cm³/mol. The van der Waals surface area contributed by atoms with Crippen LogP contribution in [0, 0.1) is 5.92 Å². The number of nitrogens with zero attached hydrogens (tertiary/aromatic N) is 2. The summed E-state index contributed by atoms with van der Waals surface area (Å²) in [5.74, 6) is -1.30. The average molecular weight is 268 g/mol. The zero-order valence-corrected chi connectivity index (χ0v) is 11.2. The topological polar surface area (TPSA) is 96.3 Å². The van der Waals surface area contributed by atoms with Crippen molar-refractivity contribution in [3.8, 4) is 0 Å². The van der Waals surface area contributed by atoms with Crippen LogP contribution in [0.1, 0.15) is 19.0 Å². The molecule has 1 atom stereocenters. The molecule has 1 heterocycles. The number of carboxylic acid groups (broad SMARTS) is 1. The molecular formula is C12H20N4O3. The van der Waals surface area contributed by atoms with E-state index in [1.165, 1.54) is 0 Å². The lowest BCUT2D eigenvalue weighted by Crippen LogP contribution is -2.37. The number of carbonyl (C=O) groups excluding carboxylic acids is 1. The van der Waals surface area contributed by atoms with Crippen LogP contribution < -0.4 is 10.6 Å². The molecule has 0 aliphatic carbocycles. The van der Waals surface area contributed by atoms with Crippen molar-refractivity contribution in [1.29, 1.82) is 0 Å². The molecule has 1 unspecified atom stereocenters. The number of carbonyl (C=O) groups is 2. The Labute approximate surface area is 112 Å². The molecule has 7 heteroatoms. The fraction of sp³-hybridized carbons (Fsp3) is 0.583. The van der Waals surface area contributed by atoms with Gasteiger partial charge in [-0.1, -0.05) is 6.92 Å². The molecule has 0 aliphatic heterocycles. The van der Waals surface area contributed by atoms with Crippen LogP contribution >= 0.6 is 0 Å². The molecule has 0 radical (unpaired) electrons. The summed E-state index contributed by atoms with van der Waals surface area (Å²) in [5.41, 5.74) is 0.919. The molecule has 1 aromatic rings. The van der Waals surface area contributed by atoms with E-state index >= 15 is 0 Å². The Bertz CT molecular complexity index is 430. The highest BCUT2D eigenvalue weighted by Gasteiger charge is 2.10. The maximum Gasteiger partial charge on any atom is 0.314 e. The summed E-state index contributed by atoms with van der Waals surface area (Å²) in [4.78, 5) is 22.0. The van der Waals surface area contributed by atoms with Crippen molar-refractivity contribution in [1.82, 2.24) is 20.4 Å². The van der Waals surface area contributed by atoms with Crippen LogP contribution in [-0.2, 0) is 18.3 Å². The number of rotatable bonds is 7. The summed E-state index contributed by atoms with van der Waals surface area (Å²) in [6.07, 6.45) is 2.94. The fourth-order valence-corrected chi connectivity index (χ4v) is 1.49. The molecule has 0 bridgehead atoms. The molecule has 0 aromatic carbocycles. The number of aryl methyl sites for hydroxylation is 1. The van der Waals surface area contributed by atoms with Crippen LogP contribution in [0.3, 0.4) is 0 Å². The minimum Gasteiger partial charge on any atom is -0.481 e. The van der Waals surface area contributed by atoms with Crippen LogP contribution in [0.15, 0.2) is 12.3 Å². The summed E-state index contributed by atoms with van der Waals surface area (Å²) in [5, 5.41) is 18.2. The quantitative estimate of drug-likeness (QED) is 0.665. The van der Waals surface area contributed by atoms with Gasteiger partial charge in [0, 0.05) is 32.8 Å². The Balaban J connectivity index is 2.10. The van der Waals surface area contributed by atoms with Crippen molar-refractivity contribution in [3.63, 3.8) is 0 Å². The number of carboxylic acids is 1. The van der Waals surface area contributed by atoms with E-state index in [0.717, 1.165) is 5.69 Å². The molecule has 0 saturated carbocycles. The van der Waals surface area contributed by atoms with Crippen molar-refractivity contribution in [2.75, 3.05) is 13.1 Å². The number of amides is 2. The molecule has 7 nitrogen and oxygen atoms in total. The number of aliphatic carboxylic acids is 1. The molecule has 0 saturated heterocycles. The van der Waals surface area contributed by atoms with E-state index in [0.29, 0.717) is 25.9 Å². The van der Waals surface area contributed by atoms with Crippen LogP contribution in [0.4, 0.5) is 4.79 Å². The molecule has 19 heavy (non-hydrogen) atoms. The summed E-state index contributed by atoms with van der Waals surface area (Å²) in [6, 6.07) is 1.61. The second kappa shape index (κ2) is 7.40. The first-order valence-corrected chi connectivity index (χ1v) is 6.22. The minimum absolute atomic E-state index is 0.284. The molecule has 106 valence electrons. The normalized spacial score (nSPS) is 11.9. The third kappa shape index (κ3) is 5.89. The molecule has 0 aliphatic rings. The standard InChI is InChI=1S/C12H20N4O3/c1-9(11(17)18)3-6-13-12(19)14-7-4-10-5-8-16(2)15-10/h5,8-9H,3-4,6-7H2,1-2H3,(H,17,18)(H2,13,14,19). The fourth-order valence-electron chi connectivity index (χ4n) is 1.49. The molecule has 1 rings (SSSR count). The van der Waals surface area contributed by atoms with Crippen LogP contribution in [0.25, 0.3) is 0 Å². The maximum absolute atomic E-state index is 11.4.